The minimum absolute atomic E-state index is 0.00332. The number of imide groups is 1. The molecule has 3 N–H and O–H groups in total. The number of primary amides is 1. The van der Waals surface area contributed by atoms with Crippen molar-refractivity contribution in [1.82, 2.24) is 10.2 Å². The van der Waals surface area contributed by atoms with Gasteiger partial charge in [0.2, 0.25) is 11.8 Å². The second kappa shape index (κ2) is 12.3. The van der Waals surface area contributed by atoms with E-state index < -0.39 is 29.9 Å². The normalized spacial score (nSPS) is 18.3. The molecule has 1 heterocycles. The molecule has 0 spiro atoms. The average molecular weight is 530 g/mol. The number of amides is 4. The van der Waals surface area contributed by atoms with Crippen molar-refractivity contribution in [3.63, 3.8) is 0 Å². The van der Waals surface area contributed by atoms with E-state index in [0.717, 1.165) is 5.56 Å². The van der Waals surface area contributed by atoms with Crippen molar-refractivity contribution in [3.8, 4) is 11.5 Å². The lowest BCUT2D eigenvalue weighted by atomic mass is 9.91. The van der Waals surface area contributed by atoms with Crippen LogP contribution in [0.3, 0.4) is 0 Å². The Kier molecular flexibility index (Phi) is 8.60. The number of hydrogen-bond acceptors (Lipinski definition) is 6. The first-order valence-corrected chi connectivity index (χ1v) is 12.7. The van der Waals surface area contributed by atoms with E-state index in [0.29, 0.717) is 22.6 Å². The maximum Gasteiger partial charge on any atom is 0.318 e. The number of nitrogens with zero attached hydrogens (tertiary/aromatic N) is 1. The van der Waals surface area contributed by atoms with Gasteiger partial charge in [-0.2, -0.15) is 0 Å². The molecule has 0 aliphatic carbocycles. The number of carbonyl (C=O) groups excluding carboxylic acids is 4. The molecule has 0 radical (unpaired) electrons. The highest BCUT2D eigenvalue weighted by Crippen LogP contribution is 2.50. The van der Waals surface area contributed by atoms with Crippen molar-refractivity contribution in [2.24, 2.45) is 11.7 Å². The summed E-state index contributed by atoms with van der Waals surface area (Å²) in [4.78, 5) is 52.5. The summed E-state index contributed by atoms with van der Waals surface area (Å²) < 4.78 is 10.9. The molecule has 1 aliphatic heterocycles. The standard InChI is InChI=1S/C30H31N3O6/c1-3-27(35)39-21-13-9-10-19(16-21)17-26(34)33-24(20-11-5-4-6-12-20)18-23(29(36)32-30(31)37)28(33)22-14-7-8-15-25(22)38-2/h4-16,23-24,28H,3,17-18H2,1-2H3,(H3,31,32,36,37)/t23-,24?,28-/m1/s1. The number of ether oxygens (including phenoxy) is 2. The van der Waals surface area contributed by atoms with E-state index in [1.807, 2.05) is 42.5 Å². The van der Waals surface area contributed by atoms with E-state index in [-0.39, 0.29) is 31.1 Å². The van der Waals surface area contributed by atoms with Gasteiger partial charge in [0.05, 0.1) is 31.5 Å². The van der Waals surface area contributed by atoms with Gasteiger partial charge in [0.25, 0.3) is 0 Å². The highest BCUT2D eigenvalue weighted by atomic mass is 16.5. The topological polar surface area (TPSA) is 128 Å². The molecular formula is C30H31N3O6. The molecule has 1 unspecified atom stereocenters. The highest BCUT2D eigenvalue weighted by Gasteiger charge is 2.49. The summed E-state index contributed by atoms with van der Waals surface area (Å²) in [5, 5.41) is 2.21. The van der Waals surface area contributed by atoms with Crippen LogP contribution in [0.25, 0.3) is 0 Å². The molecule has 202 valence electrons. The summed E-state index contributed by atoms with van der Waals surface area (Å²) in [5.41, 5.74) is 7.43. The van der Waals surface area contributed by atoms with Gasteiger partial charge in [0, 0.05) is 12.0 Å². The lowest BCUT2D eigenvalue weighted by Crippen LogP contribution is -2.42. The molecule has 3 aromatic carbocycles. The van der Waals surface area contributed by atoms with Gasteiger partial charge < -0.3 is 20.1 Å². The predicted octanol–water partition coefficient (Wildman–Crippen LogP) is 4.08. The lowest BCUT2D eigenvalue weighted by Gasteiger charge is -2.33. The second-order valence-corrected chi connectivity index (χ2v) is 9.26. The van der Waals surface area contributed by atoms with E-state index in [4.69, 9.17) is 15.2 Å². The first kappa shape index (κ1) is 27.4. The zero-order chi connectivity index (χ0) is 27.9. The Bertz CT molecular complexity index is 1360. The quantitative estimate of drug-likeness (QED) is 0.334. The Hall–Kier alpha value is -4.66. The minimum atomic E-state index is -0.960. The van der Waals surface area contributed by atoms with Crippen molar-refractivity contribution >= 4 is 23.8 Å². The maximum atomic E-state index is 14.1. The number of likely N-dealkylation sites (tertiary alicyclic amines) is 1. The Morgan fingerprint density at radius 1 is 0.974 bits per heavy atom. The molecule has 0 saturated carbocycles. The van der Waals surface area contributed by atoms with Crippen LogP contribution in [0.4, 0.5) is 4.79 Å². The van der Waals surface area contributed by atoms with Crippen LogP contribution in [0, 0.1) is 5.92 Å². The van der Waals surface area contributed by atoms with Crippen LogP contribution >= 0.6 is 0 Å². The number of methoxy groups -OCH3 is 1. The van der Waals surface area contributed by atoms with Gasteiger partial charge in [0.15, 0.2) is 0 Å². The second-order valence-electron chi connectivity index (χ2n) is 9.26. The number of carbonyl (C=O) groups is 4. The summed E-state index contributed by atoms with van der Waals surface area (Å²) in [7, 11) is 1.52. The van der Waals surface area contributed by atoms with Gasteiger partial charge in [0.1, 0.15) is 11.5 Å². The smallest absolute Gasteiger partial charge is 0.318 e. The molecule has 4 rings (SSSR count). The summed E-state index contributed by atoms with van der Waals surface area (Å²) >= 11 is 0. The Balaban J connectivity index is 1.78. The SMILES string of the molecule is CCC(=O)Oc1cccc(CC(=O)N2C(c3ccccc3)C[C@@H](C(=O)NC(N)=O)[C@H]2c2ccccc2OC)c1. The van der Waals surface area contributed by atoms with Gasteiger partial charge in [-0.3, -0.25) is 19.7 Å². The number of esters is 1. The predicted molar refractivity (Wildman–Crippen MR) is 144 cm³/mol. The fourth-order valence-electron chi connectivity index (χ4n) is 5.10. The van der Waals surface area contributed by atoms with Gasteiger partial charge in [-0.15, -0.1) is 0 Å². The van der Waals surface area contributed by atoms with Gasteiger partial charge >= 0.3 is 12.0 Å². The van der Waals surface area contributed by atoms with Gasteiger partial charge in [-0.05, 0) is 35.7 Å². The van der Waals surface area contributed by atoms with Crippen LogP contribution in [-0.2, 0) is 20.8 Å². The van der Waals surface area contributed by atoms with Crippen LogP contribution in [0.1, 0.15) is 48.5 Å². The van der Waals surface area contributed by atoms with Crippen LogP contribution in [0.5, 0.6) is 11.5 Å². The van der Waals surface area contributed by atoms with Crippen molar-refractivity contribution in [2.75, 3.05) is 7.11 Å². The molecule has 0 bridgehead atoms. The number of nitrogens with one attached hydrogen (secondary N) is 1. The number of para-hydroxylation sites is 1. The number of hydrogen-bond donors (Lipinski definition) is 2. The monoisotopic (exact) mass is 529 g/mol. The molecule has 9 heteroatoms. The zero-order valence-electron chi connectivity index (χ0n) is 21.8. The Labute approximate surface area is 226 Å². The van der Waals surface area contributed by atoms with E-state index >= 15 is 0 Å². The maximum absolute atomic E-state index is 14.1. The molecule has 1 aliphatic rings. The molecule has 0 aromatic heterocycles. The molecule has 4 amide bonds. The lowest BCUT2D eigenvalue weighted by molar-refractivity contribution is -0.135. The molecular weight excluding hydrogens is 498 g/mol. The van der Waals surface area contributed by atoms with Gasteiger partial charge in [-0.25, -0.2) is 4.79 Å². The van der Waals surface area contributed by atoms with Crippen LogP contribution in [0.15, 0.2) is 78.9 Å². The van der Waals surface area contributed by atoms with Crippen molar-refractivity contribution < 1.29 is 28.7 Å². The molecule has 3 aromatic rings. The average Bonchev–Trinajstić information content (AvgIpc) is 3.34. The third-order valence-electron chi connectivity index (χ3n) is 6.78. The summed E-state index contributed by atoms with van der Waals surface area (Å²) in [6, 6.07) is 21.3. The fraction of sp³-hybridized carbons (Fsp3) is 0.267. The largest absolute Gasteiger partial charge is 0.496 e. The van der Waals surface area contributed by atoms with Crippen LogP contribution in [-0.4, -0.2) is 35.8 Å². The van der Waals surface area contributed by atoms with Crippen molar-refractivity contribution in [1.29, 1.82) is 0 Å². The van der Waals surface area contributed by atoms with Crippen molar-refractivity contribution in [2.45, 2.75) is 38.3 Å². The minimum Gasteiger partial charge on any atom is -0.496 e. The van der Waals surface area contributed by atoms with E-state index in [9.17, 15) is 19.2 Å². The Morgan fingerprint density at radius 3 is 2.38 bits per heavy atom. The number of rotatable bonds is 8. The summed E-state index contributed by atoms with van der Waals surface area (Å²) in [5.74, 6) is -1.09. The molecule has 1 fully saturated rings. The summed E-state index contributed by atoms with van der Waals surface area (Å²) in [6.45, 7) is 1.70. The van der Waals surface area contributed by atoms with Gasteiger partial charge in [-0.1, -0.05) is 67.6 Å². The molecule has 1 saturated heterocycles. The number of urea groups is 1. The first-order chi connectivity index (χ1) is 18.8. The van der Waals surface area contributed by atoms with Crippen molar-refractivity contribution in [3.05, 3.63) is 95.6 Å². The fourth-order valence-corrected chi connectivity index (χ4v) is 5.10. The van der Waals surface area contributed by atoms with Crippen LogP contribution in [0.2, 0.25) is 0 Å². The molecule has 3 atom stereocenters. The highest BCUT2D eigenvalue weighted by molar-refractivity contribution is 5.96. The van der Waals surface area contributed by atoms with E-state index in [1.54, 1.807) is 48.2 Å². The zero-order valence-corrected chi connectivity index (χ0v) is 21.8. The Morgan fingerprint density at radius 2 is 1.69 bits per heavy atom. The van der Waals surface area contributed by atoms with Crippen LogP contribution < -0.4 is 20.5 Å². The first-order valence-electron chi connectivity index (χ1n) is 12.7. The van der Waals surface area contributed by atoms with E-state index in [1.165, 1.54) is 7.11 Å². The van der Waals surface area contributed by atoms with E-state index in [2.05, 4.69) is 5.32 Å². The number of nitrogens with two attached hydrogens (primary N) is 1. The number of benzene rings is 3. The summed E-state index contributed by atoms with van der Waals surface area (Å²) in [6.07, 6.45) is 0.493. The third-order valence-corrected chi connectivity index (χ3v) is 6.78. The molecule has 39 heavy (non-hydrogen) atoms. The molecule has 9 nitrogen and oxygen atoms in total. The third kappa shape index (κ3) is 6.26.